The summed E-state index contributed by atoms with van der Waals surface area (Å²) in [4.78, 5) is 0. The van der Waals surface area contributed by atoms with Gasteiger partial charge in [-0.15, -0.1) is 0 Å². The van der Waals surface area contributed by atoms with Crippen molar-refractivity contribution in [3.05, 3.63) is 126 Å². The summed E-state index contributed by atoms with van der Waals surface area (Å²) in [7, 11) is -1.82. The van der Waals surface area contributed by atoms with E-state index in [1.807, 2.05) is 0 Å². The van der Waals surface area contributed by atoms with Crippen LogP contribution >= 0.6 is 7.26 Å². The van der Waals surface area contributed by atoms with Crippen molar-refractivity contribution >= 4 is 23.2 Å². The highest BCUT2D eigenvalue weighted by Gasteiger charge is 2.44. The molecule has 0 radical (unpaired) electrons. The zero-order valence-corrected chi connectivity index (χ0v) is 22.0. The maximum absolute atomic E-state index is 2.48. The molecule has 1 aliphatic carbocycles. The third kappa shape index (κ3) is 5.18. The molecule has 0 bridgehead atoms. The van der Waals surface area contributed by atoms with Crippen molar-refractivity contribution in [1.29, 1.82) is 0 Å². The molecule has 1 unspecified atom stereocenters. The first-order chi connectivity index (χ1) is 16.4. The van der Waals surface area contributed by atoms with Gasteiger partial charge in [0.1, 0.15) is 23.2 Å². The Bertz CT molecular complexity index is 1050. The minimum atomic E-state index is -1.82. The molecule has 3 aromatic rings. The summed E-state index contributed by atoms with van der Waals surface area (Å²) in [6.45, 7) is 9.38. The summed E-state index contributed by atoms with van der Waals surface area (Å²) in [5, 5.41) is 4.31. The first-order valence-electron chi connectivity index (χ1n) is 12.5. The number of rotatable bonds is 7. The molecule has 0 saturated heterocycles. The fraction of sp³-hybridized carbons (Fsp3) is 0.273. The van der Waals surface area contributed by atoms with E-state index < -0.39 is 7.26 Å². The molecule has 1 heteroatoms. The van der Waals surface area contributed by atoms with Gasteiger partial charge in [0.2, 0.25) is 0 Å². The van der Waals surface area contributed by atoms with Crippen LogP contribution in [0.1, 0.15) is 40.5 Å². The second-order valence-electron chi connectivity index (χ2n) is 10.3. The van der Waals surface area contributed by atoms with E-state index in [9.17, 15) is 0 Å². The smallest absolute Gasteiger partial charge is 0.0850 e. The van der Waals surface area contributed by atoms with E-state index in [-0.39, 0.29) is 0 Å². The molecule has 0 nitrogen and oxygen atoms in total. The van der Waals surface area contributed by atoms with Gasteiger partial charge in [0, 0.05) is 5.92 Å². The van der Waals surface area contributed by atoms with Crippen LogP contribution < -0.4 is 15.9 Å². The molecule has 0 aliphatic heterocycles. The van der Waals surface area contributed by atoms with Crippen molar-refractivity contribution in [2.24, 2.45) is 11.3 Å². The molecule has 0 saturated carbocycles. The Labute approximate surface area is 207 Å². The second kappa shape index (κ2) is 10.7. The van der Waals surface area contributed by atoms with Crippen molar-refractivity contribution in [2.75, 3.05) is 6.16 Å². The van der Waals surface area contributed by atoms with E-state index in [4.69, 9.17) is 0 Å². The Kier molecular flexibility index (Phi) is 7.70. The van der Waals surface area contributed by atoms with Crippen LogP contribution in [0.25, 0.3) is 0 Å². The number of hydrogen-bond acceptors (Lipinski definition) is 0. The van der Waals surface area contributed by atoms with Crippen molar-refractivity contribution in [3.8, 4) is 0 Å². The lowest BCUT2D eigenvalue weighted by molar-refractivity contribution is 0.255. The van der Waals surface area contributed by atoms with Crippen LogP contribution in [-0.2, 0) is 0 Å². The molecule has 34 heavy (non-hydrogen) atoms. The zero-order valence-electron chi connectivity index (χ0n) is 21.1. The molecule has 3 aromatic carbocycles. The van der Waals surface area contributed by atoms with Crippen molar-refractivity contribution in [3.63, 3.8) is 0 Å². The molecule has 0 fully saturated rings. The highest BCUT2D eigenvalue weighted by Crippen LogP contribution is 2.55. The molecule has 1 aliphatic rings. The highest BCUT2D eigenvalue weighted by atomic mass is 31.2. The van der Waals surface area contributed by atoms with Gasteiger partial charge in [-0.25, -0.2) is 0 Å². The monoisotopic (exact) mass is 465 g/mol. The number of benzene rings is 3. The number of allylic oxidation sites excluding steroid dienone is 6. The lowest BCUT2D eigenvalue weighted by atomic mass is 9.68. The highest BCUT2D eigenvalue weighted by molar-refractivity contribution is 7.95. The van der Waals surface area contributed by atoms with Gasteiger partial charge in [-0.2, -0.15) is 0 Å². The average Bonchev–Trinajstić information content (AvgIpc) is 2.86. The zero-order chi connectivity index (χ0) is 24.0. The fourth-order valence-corrected chi connectivity index (χ4v) is 9.52. The maximum Gasteiger partial charge on any atom is 0.115 e. The molecule has 0 aromatic heterocycles. The summed E-state index contributed by atoms with van der Waals surface area (Å²) in [5.74, 6) is 0.515. The molecule has 0 spiro atoms. The summed E-state index contributed by atoms with van der Waals surface area (Å²) in [5.41, 5.74) is 3.19. The van der Waals surface area contributed by atoms with Gasteiger partial charge in [-0.05, 0) is 74.6 Å². The van der Waals surface area contributed by atoms with Gasteiger partial charge >= 0.3 is 0 Å². The van der Waals surface area contributed by atoms with Crippen LogP contribution in [0.5, 0.6) is 0 Å². The Morgan fingerprint density at radius 3 is 1.74 bits per heavy atom. The van der Waals surface area contributed by atoms with Gasteiger partial charge in [0.05, 0.1) is 6.16 Å². The summed E-state index contributed by atoms with van der Waals surface area (Å²) in [6.07, 6.45) is 13.2. The Morgan fingerprint density at radius 1 is 0.824 bits per heavy atom. The van der Waals surface area contributed by atoms with Crippen LogP contribution in [0.3, 0.4) is 0 Å². The first-order valence-corrected chi connectivity index (χ1v) is 14.5. The van der Waals surface area contributed by atoms with Gasteiger partial charge < -0.3 is 0 Å². The topological polar surface area (TPSA) is 0 Å². The van der Waals surface area contributed by atoms with E-state index in [1.54, 1.807) is 0 Å². The first kappa shape index (κ1) is 24.4. The van der Waals surface area contributed by atoms with Gasteiger partial charge in [-0.3, -0.25) is 0 Å². The SMILES string of the molecule is CC(C=CC1C(C)=CCCC1(C)C)=CC[P+](c1ccccc1)(c1ccccc1)c1ccccc1. The lowest BCUT2D eigenvalue weighted by Gasteiger charge is -2.36. The van der Waals surface area contributed by atoms with E-state index in [0.717, 1.165) is 6.16 Å². The second-order valence-corrected chi connectivity index (χ2v) is 13.8. The Hall–Kier alpha value is -2.69. The average molecular weight is 466 g/mol. The van der Waals surface area contributed by atoms with Crippen molar-refractivity contribution in [1.82, 2.24) is 0 Å². The normalized spacial score (nSPS) is 18.6. The van der Waals surface area contributed by atoms with Crippen LogP contribution in [0.2, 0.25) is 0 Å². The van der Waals surface area contributed by atoms with E-state index in [2.05, 4.69) is 143 Å². The number of hydrogen-bond donors (Lipinski definition) is 0. The van der Waals surface area contributed by atoms with E-state index >= 15 is 0 Å². The summed E-state index contributed by atoms with van der Waals surface area (Å²) >= 11 is 0. The van der Waals surface area contributed by atoms with Gasteiger partial charge in [-0.1, -0.05) is 97.8 Å². The molecule has 174 valence electrons. The Balaban J connectivity index is 1.75. The standard InChI is InChI=1S/C33H38P/c1-27(22-23-32-28(2)15-14-25-33(32,3)4)24-26-34(29-16-8-5-9-17-29,30-18-10-6-11-19-30)31-20-12-7-13-21-31/h5-13,15-24,32H,14,25-26H2,1-4H3/q+1. The van der Waals surface area contributed by atoms with Crippen LogP contribution in [0, 0.1) is 11.3 Å². The summed E-state index contributed by atoms with van der Waals surface area (Å²) in [6, 6.07) is 33.4. The minimum absolute atomic E-state index is 0.324. The molecule has 0 amide bonds. The third-order valence-corrected chi connectivity index (χ3v) is 11.7. The minimum Gasteiger partial charge on any atom is -0.0850 e. The lowest BCUT2D eigenvalue weighted by Crippen LogP contribution is -2.33. The van der Waals surface area contributed by atoms with Crippen LogP contribution in [0.15, 0.2) is 126 Å². The van der Waals surface area contributed by atoms with Crippen LogP contribution in [-0.4, -0.2) is 6.16 Å². The summed E-state index contributed by atoms with van der Waals surface area (Å²) < 4.78 is 0. The fourth-order valence-electron chi connectivity index (χ4n) is 5.39. The third-order valence-electron chi connectivity index (χ3n) is 7.42. The Morgan fingerprint density at radius 2 is 1.29 bits per heavy atom. The van der Waals surface area contributed by atoms with E-state index in [1.165, 1.54) is 39.9 Å². The molecular weight excluding hydrogens is 427 g/mol. The molecule has 0 N–H and O–H groups in total. The van der Waals surface area contributed by atoms with Crippen molar-refractivity contribution in [2.45, 2.75) is 40.5 Å². The van der Waals surface area contributed by atoms with Crippen LogP contribution in [0.4, 0.5) is 0 Å². The predicted octanol–water partition coefficient (Wildman–Crippen LogP) is 7.87. The van der Waals surface area contributed by atoms with Crippen molar-refractivity contribution < 1.29 is 0 Å². The molecule has 0 heterocycles. The van der Waals surface area contributed by atoms with E-state index in [0.29, 0.717) is 11.3 Å². The predicted molar refractivity (Wildman–Crippen MR) is 153 cm³/mol. The van der Waals surface area contributed by atoms with Gasteiger partial charge in [0.15, 0.2) is 0 Å². The maximum atomic E-state index is 2.48. The van der Waals surface area contributed by atoms with Gasteiger partial charge in [0.25, 0.3) is 0 Å². The largest absolute Gasteiger partial charge is 0.115 e. The molecule has 1 atom stereocenters. The molecular formula is C33H38P+. The molecule has 4 rings (SSSR count). The quantitative estimate of drug-likeness (QED) is 0.189.